The number of piperidine rings is 1. The molecule has 142 valence electrons. The second-order valence-electron chi connectivity index (χ2n) is 7.14. The molecule has 2 heterocycles. The molecule has 4 N–H and O–H groups in total. The Bertz CT molecular complexity index is 675. The predicted octanol–water partition coefficient (Wildman–Crippen LogP) is 1.32. The van der Waals surface area contributed by atoms with Crippen molar-refractivity contribution in [2.45, 2.75) is 37.8 Å². The van der Waals surface area contributed by atoms with Crippen molar-refractivity contribution >= 4 is 17.5 Å². The molecular formula is C18H24F2N4O2. The molecule has 0 bridgehead atoms. The summed E-state index contributed by atoms with van der Waals surface area (Å²) in [5.41, 5.74) is 6.96. The summed E-state index contributed by atoms with van der Waals surface area (Å²) in [4.78, 5) is 25.6. The number of carbonyl (C=O) groups is 2. The van der Waals surface area contributed by atoms with Crippen LogP contribution in [0.5, 0.6) is 0 Å². The number of nitrogens with zero attached hydrogens (tertiary/aromatic N) is 1. The number of likely N-dealkylation sites (tertiary alicyclic amines) is 1. The minimum absolute atomic E-state index is 0.0473. The van der Waals surface area contributed by atoms with Gasteiger partial charge in [0.1, 0.15) is 0 Å². The highest BCUT2D eigenvalue weighted by Crippen LogP contribution is 2.26. The van der Waals surface area contributed by atoms with Crippen molar-refractivity contribution in [1.29, 1.82) is 0 Å². The van der Waals surface area contributed by atoms with Gasteiger partial charge in [-0.3, -0.25) is 19.8 Å². The van der Waals surface area contributed by atoms with Crippen molar-refractivity contribution in [2.75, 3.05) is 25.0 Å². The number of hydrogen-bond acceptors (Lipinski definition) is 4. The van der Waals surface area contributed by atoms with E-state index in [4.69, 9.17) is 5.73 Å². The molecule has 1 aromatic rings. The van der Waals surface area contributed by atoms with Crippen LogP contribution in [0.3, 0.4) is 0 Å². The van der Waals surface area contributed by atoms with Crippen LogP contribution in [0.25, 0.3) is 0 Å². The number of anilines is 1. The van der Waals surface area contributed by atoms with Gasteiger partial charge < -0.3 is 11.1 Å². The van der Waals surface area contributed by atoms with E-state index < -0.39 is 30.8 Å². The van der Waals surface area contributed by atoms with E-state index in [1.807, 2.05) is 18.2 Å². The first-order valence-electron chi connectivity index (χ1n) is 8.85. The van der Waals surface area contributed by atoms with Gasteiger partial charge in [0.05, 0.1) is 12.6 Å². The minimum Gasteiger partial charge on any atom is -0.369 e. The molecule has 1 atom stereocenters. The Hall–Kier alpha value is -2.06. The van der Waals surface area contributed by atoms with Crippen molar-refractivity contribution < 1.29 is 18.4 Å². The molecule has 3 rings (SSSR count). The molecule has 8 heteroatoms. The summed E-state index contributed by atoms with van der Waals surface area (Å²) in [5.74, 6) is -3.56. The zero-order valence-electron chi connectivity index (χ0n) is 14.5. The second-order valence-corrected chi connectivity index (χ2v) is 7.14. The smallest absolute Gasteiger partial charge is 0.262 e. The summed E-state index contributed by atoms with van der Waals surface area (Å²) >= 11 is 0. The lowest BCUT2D eigenvalue weighted by Crippen LogP contribution is -2.38. The van der Waals surface area contributed by atoms with Gasteiger partial charge in [0.15, 0.2) is 0 Å². The van der Waals surface area contributed by atoms with Crippen LogP contribution < -0.4 is 16.4 Å². The van der Waals surface area contributed by atoms with E-state index in [0.717, 1.165) is 31.5 Å². The highest BCUT2D eigenvalue weighted by Gasteiger charge is 2.42. The first kappa shape index (κ1) is 18.7. The van der Waals surface area contributed by atoms with Crippen molar-refractivity contribution in [3.63, 3.8) is 0 Å². The number of rotatable bonds is 5. The molecule has 26 heavy (non-hydrogen) atoms. The molecule has 0 spiro atoms. The molecule has 6 nitrogen and oxygen atoms in total. The van der Waals surface area contributed by atoms with E-state index in [1.165, 1.54) is 0 Å². The number of halogens is 2. The number of alkyl halides is 2. The van der Waals surface area contributed by atoms with Crippen LogP contribution in [0.4, 0.5) is 14.5 Å². The fourth-order valence-electron chi connectivity index (χ4n) is 3.51. The van der Waals surface area contributed by atoms with Gasteiger partial charge in [0.2, 0.25) is 11.8 Å². The average Bonchev–Trinajstić information content (AvgIpc) is 2.96. The zero-order valence-corrected chi connectivity index (χ0v) is 14.5. The number of nitrogens with one attached hydrogen (secondary N) is 2. The summed E-state index contributed by atoms with van der Waals surface area (Å²) in [5, 5.41) is 5.26. The largest absolute Gasteiger partial charge is 0.369 e. The monoisotopic (exact) mass is 366 g/mol. The van der Waals surface area contributed by atoms with E-state index in [1.54, 1.807) is 6.07 Å². The van der Waals surface area contributed by atoms with Gasteiger partial charge in [-0.05, 0) is 43.6 Å². The SMILES string of the molecule is NC(=O)C1CCN(Cc2cccc(NC(=O)C3CC(F)(F)CN3)c2)CC1. The molecule has 2 amide bonds. The van der Waals surface area contributed by atoms with Gasteiger partial charge in [-0.15, -0.1) is 0 Å². The molecule has 0 saturated carbocycles. The molecule has 2 aliphatic heterocycles. The Morgan fingerprint density at radius 2 is 2.04 bits per heavy atom. The third-order valence-electron chi connectivity index (χ3n) is 5.02. The number of carbonyl (C=O) groups excluding carboxylic acids is 2. The first-order valence-corrected chi connectivity index (χ1v) is 8.85. The van der Waals surface area contributed by atoms with E-state index in [-0.39, 0.29) is 11.8 Å². The van der Waals surface area contributed by atoms with Crippen LogP contribution in [0.2, 0.25) is 0 Å². The number of amides is 2. The van der Waals surface area contributed by atoms with Gasteiger partial charge in [-0.25, -0.2) is 8.78 Å². The second kappa shape index (κ2) is 7.67. The lowest BCUT2D eigenvalue weighted by atomic mass is 9.96. The minimum atomic E-state index is -2.83. The van der Waals surface area contributed by atoms with E-state index in [2.05, 4.69) is 15.5 Å². The summed E-state index contributed by atoms with van der Waals surface area (Å²) < 4.78 is 26.4. The maximum absolute atomic E-state index is 13.2. The summed E-state index contributed by atoms with van der Waals surface area (Å²) in [7, 11) is 0. The molecule has 0 aliphatic carbocycles. The Morgan fingerprint density at radius 1 is 1.31 bits per heavy atom. The van der Waals surface area contributed by atoms with Crippen LogP contribution in [0.15, 0.2) is 24.3 Å². The van der Waals surface area contributed by atoms with Crippen molar-refractivity contribution in [3.8, 4) is 0 Å². The molecule has 1 unspecified atom stereocenters. The lowest BCUT2D eigenvalue weighted by molar-refractivity contribution is -0.123. The Kier molecular flexibility index (Phi) is 5.52. The van der Waals surface area contributed by atoms with Gasteiger partial charge in [-0.2, -0.15) is 0 Å². The fraction of sp³-hybridized carbons (Fsp3) is 0.556. The standard InChI is InChI=1S/C18H24F2N4O2/c19-18(20)9-15(22-11-18)17(26)23-14-3-1-2-12(8-14)10-24-6-4-13(5-7-24)16(21)25/h1-3,8,13,15,22H,4-7,9-11H2,(H2,21,25)(H,23,26). The van der Waals surface area contributed by atoms with Gasteiger partial charge >= 0.3 is 0 Å². The number of benzene rings is 1. The number of primary amides is 1. The van der Waals surface area contributed by atoms with Crippen molar-refractivity contribution in [2.24, 2.45) is 11.7 Å². The highest BCUT2D eigenvalue weighted by molar-refractivity contribution is 5.95. The third-order valence-corrected chi connectivity index (χ3v) is 5.02. The van der Waals surface area contributed by atoms with Crippen molar-refractivity contribution in [1.82, 2.24) is 10.2 Å². The predicted molar refractivity (Wildman–Crippen MR) is 93.6 cm³/mol. The zero-order chi connectivity index (χ0) is 18.7. The quantitative estimate of drug-likeness (QED) is 0.734. The van der Waals surface area contributed by atoms with Crippen LogP contribution >= 0.6 is 0 Å². The average molecular weight is 366 g/mol. The topological polar surface area (TPSA) is 87.5 Å². The van der Waals surface area contributed by atoms with Crippen molar-refractivity contribution in [3.05, 3.63) is 29.8 Å². The van der Waals surface area contributed by atoms with E-state index >= 15 is 0 Å². The fourth-order valence-corrected chi connectivity index (χ4v) is 3.51. The Balaban J connectivity index is 1.54. The van der Waals surface area contributed by atoms with Gasteiger partial charge in [-0.1, -0.05) is 12.1 Å². The molecule has 2 aliphatic rings. The molecule has 2 fully saturated rings. The summed E-state index contributed by atoms with van der Waals surface area (Å²) in [6.07, 6.45) is 1.04. The third kappa shape index (κ3) is 4.76. The van der Waals surface area contributed by atoms with Crippen LogP contribution in [-0.4, -0.2) is 48.3 Å². The van der Waals surface area contributed by atoms with Gasteiger partial charge in [0, 0.05) is 24.6 Å². The maximum Gasteiger partial charge on any atom is 0.262 e. The van der Waals surface area contributed by atoms with Crippen LogP contribution in [0.1, 0.15) is 24.8 Å². The number of nitrogens with two attached hydrogens (primary N) is 1. The van der Waals surface area contributed by atoms with Crippen LogP contribution in [-0.2, 0) is 16.1 Å². The molecule has 0 aromatic heterocycles. The molecule has 2 saturated heterocycles. The van der Waals surface area contributed by atoms with E-state index in [9.17, 15) is 18.4 Å². The highest BCUT2D eigenvalue weighted by atomic mass is 19.3. The first-order chi connectivity index (χ1) is 12.3. The van der Waals surface area contributed by atoms with E-state index in [0.29, 0.717) is 12.2 Å². The summed E-state index contributed by atoms with van der Waals surface area (Å²) in [6, 6.07) is 6.51. The Morgan fingerprint density at radius 3 is 2.65 bits per heavy atom. The normalized spacial score (nSPS) is 23.7. The summed E-state index contributed by atoms with van der Waals surface area (Å²) in [6.45, 7) is 1.83. The van der Waals surface area contributed by atoms with Crippen LogP contribution in [0, 0.1) is 5.92 Å². The Labute approximate surface area is 151 Å². The molecule has 0 radical (unpaired) electrons. The molecular weight excluding hydrogens is 342 g/mol. The van der Waals surface area contributed by atoms with Gasteiger partial charge in [0.25, 0.3) is 5.92 Å². The molecule has 1 aromatic carbocycles. The lowest BCUT2D eigenvalue weighted by Gasteiger charge is -2.30. The number of hydrogen-bond donors (Lipinski definition) is 3. The maximum atomic E-state index is 13.2.